The zero-order valence-electron chi connectivity index (χ0n) is 13.6. The fraction of sp³-hybridized carbons (Fsp3) is 0.312. The molecule has 0 saturated heterocycles. The van der Waals surface area contributed by atoms with Gasteiger partial charge in [-0.25, -0.2) is 4.98 Å². The van der Waals surface area contributed by atoms with Crippen LogP contribution in [0.3, 0.4) is 0 Å². The smallest absolute Gasteiger partial charge is 0.229 e. The summed E-state index contributed by atoms with van der Waals surface area (Å²) in [6, 6.07) is 7.89. The molecule has 0 radical (unpaired) electrons. The molecule has 0 bridgehead atoms. The molecule has 2 heterocycles. The second-order valence-electron chi connectivity index (χ2n) is 5.61. The van der Waals surface area contributed by atoms with E-state index >= 15 is 0 Å². The van der Waals surface area contributed by atoms with Crippen molar-refractivity contribution in [3.63, 3.8) is 0 Å². The molecule has 3 rings (SSSR count). The van der Waals surface area contributed by atoms with E-state index in [-0.39, 0.29) is 0 Å². The van der Waals surface area contributed by atoms with E-state index in [1.54, 1.807) is 6.20 Å². The maximum Gasteiger partial charge on any atom is 0.229 e. The summed E-state index contributed by atoms with van der Waals surface area (Å²) in [4.78, 5) is 10.7. The summed E-state index contributed by atoms with van der Waals surface area (Å²) in [5.74, 6) is 1.33. The molecule has 0 spiro atoms. The molecule has 0 unspecified atom stereocenters. The molecule has 0 aliphatic carbocycles. The number of fused-ring (bicyclic) bond motifs is 1. The summed E-state index contributed by atoms with van der Waals surface area (Å²) in [5.41, 5.74) is 1.88. The molecule has 2 aromatic heterocycles. The molecule has 0 aliphatic heterocycles. The van der Waals surface area contributed by atoms with Gasteiger partial charge in [0.2, 0.25) is 5.95 Å². The summed E-state index contributed by atoms with van der Waals surface area (Å²) in [5, 5.41) is 12.0. The molecule has 7 nitrogen and oxygen atoms in total. The fourth-order valence-corrected chi connectivity index (χ4v) is 2.25. The predicted molar refractivity (Wildman–Crippen MR) is 93.1 cm³/mol. The lowest BCUT2D eigenvalue weighted by Crippen LogP contribution is -2.18. The lowest BCUT2D eigenvalue weighted by molar-refractivity contribution is 0.374. The van der Waals surface area contributed by atoms with E-state index in [1.165, 1.54) is 0 Å². The molecule has 0 amide bonds. The molecule has 0 aliphatic rings. The molecular formula is C16H21N7. The Morgan fingerprint density at radius 2 is 2.09 bits per heavy atom. The number of hydrogen-bond donors (Lipinski definition) is 2. The first kappa shape index (κ1) is 15.2. The van der Waals surface area contributed by atoms with Gasteiger partial charge in [0.15, 0.2) is 0 Å². The van der Waals surface area contributed by atoms with E-state index in [4.69, 9.17) is 0 Å². The minimum Gasteiger partial charge on any atom is -0.373 e. The predicted octanol–water partition coefficient (Wildman–Crippen LogP) is 2.17. The summed E-state index contributed by atoms with van der Waals surface area (Å²) in [6.45, 7) is 1.83. The van der Waals surface area contributed by atoms with Gasteiger partial charge in [0.1, 0.15) is 5.82 Å². The van der Waals surface area contributed by atoms with Crippen LogP contribution in [0.4, 0.5) is 17.5 Å². The van der Waals surface area contributed by atoms with Crippen LogP contribution in [0.2, 0.25) is 0 Å². The lowest BCUT2D eigenvalue weighted by Gasteiger charge is -2.08. The molecule has 0 fully saturated rings. The first-order valence-corrected chi connectivity index (χ1v) is 7.54. The Kier molecular flexibility index (Phi) is 4.38. The van der Waals surface area contributed by atoms with Crippen molar-refractivity contribution >= 4 is 28.4 Å². The SMILES string of the molecule is CNc1ccnc(Nc2ccc3cn(CCN(C)C)nc3c2)n1. The van der Waals surface area contributed by atoms with Gasteiger partial charge >= 0.3 is 0 Å². The molecule has 7 heteroatoms. The van der Waals surface area contributed by atoms with Crippen LogP contribution in [-0.2, 0) is 6.54 Å². The number of anilines is 3. The van der Waals surface area contributed by atoms with Crippen LogP contribution in [0.25, 0.3) is 10.9 Å². The molecule has 3 aromatic rings. The van der Waals surface area contributed by atoms with Gasteiger partial charge in [-0.1, -0.05) is 0 Å². The van der Waals surface area contributed by atoms with Gasteiger partial charge in [-0.15, -0.1) is 0 Å². The number of likely N-dealkylation sites (N-methyl/N-ethyl adjacent to an activating group) is 1. The summed E-state index contributed by atoms with van der Waals surface area (Å²) < 4.78 is 1.98. The van der Waals surface area contributed by atoms with Gasteiger partial charge in [-0.2, -0.15) is 10.1 Å². The highest BCUT2D eigenvalue weighted by Gasteiger charge is 2.04. The Balaban J connectivity index is 1.79. The maximum atomic E-state index is 4.62. The second kappa shape index (κ2) is 6.62. The number of nitrogens with one attached hydrogen (secondary N) is 2. The van der Waals surface area contributed by atoms with Gasteiger partial charge in [0.05, 0.1) is 12.1 Å². The van der Waals surface area contributed by atoms with Crippen molar-refractivity contribution in [2.75, 3.05) is 38.3 Å². The lowest BCUT2D eigenvalue weighted by atomic mass is 10.2. The molecule has 2 N–H and O–H groups in total. The van der Waals surface area contributed by atoms with Crippen LogP contribution in [0, 0.1) is 0 Å². The van der Waals surface area contributed by atoms with Crippen molar-refractivity contribution in [3.05, 3.63) is 36.7 Å². The normalized spacial score (nSPS) is 11.1. The van der Waals surface area contributed by atoms with Crippen molar-refractivity contribution in [1.29, 1.82) is 0 Å². The number of benzene rings is 1. The van der Waals surface area contributed by atoms with E-state index in [1.807, 2.05) is 29.9 Å². The van der Waals surface area contributed by atoms with Gasteiger partial charge < -0.3 is 15.5 Å². The van der Waals surface area contributed by atoms with Crippen LogP contribution in [0.5, 0.6) is 0 Å². The maximum absolute atomic E-state index is 4.62. The van der Waals surface area contributed by atoms with Crippen LogP contribution < -0.4 is 10.6 Å². The van der Waals surface area contributed by atoms with E-state index in [0.29, 0.717) is 5.95 Å². The van der Waals surface area contributed by atoms with Gasteiger partial charge in [-0.05, 0) is 38.4 Å². The third-order valence-electron chi connectivity index (χ3n) is 3.50. The third-order valence-corrected chi connectivity index (χ3v) is 3.50. The molecule has 120 valence electrons. The van der Waals surface area contributed by atoms with Crippen molar-refractivity contribution < 1.29 is 0 Å². The quantitative estimate of drug-likeness (QED) is 0.727. The first-order chi connectivity index (χ1) is 11.1. The van der Waals surface area contributed by atoms with E-state index in [2.05, 4.69) is 57.0 Å². The Morgan fingerprint density at radius 3 is 2.87 bits per heavy atom. The molecule has 1 aromatic carbocycles. The highest BCUT2D eigenvalue weighted by Crippen LogP contribution is 2.20. The number of nitrogens with zero attached hydrogens (tertiary/aromatic N) is 5. The van der Waals surface area contributed by atoms with E-state index in [9.17, 15) is 0 Å². The van der Waals surface area contributed by atoms with Crippen molar-refractivity contribution in [1.82, 2.24) is 24.6 Å². The monoisotopic (exact) mass is 311 g/mol. The van der Waals surface area contributed by atoms with Crippen molar-refractivity contribution in [3.8, 4) is 0 Å². The minimum atomic E-state index is 0.559. The molecule has 23 heavy (non-hydrogen) atoms. The van der Waals surface area contributed by atoms with Crippen molar-refractivity contribution in [2.24, 2.45) is 0 Å². The second-order valence-corrected chi connectivity index (χ2v) is 5.61. The average Bonchev–Trinajstić information content (AvgIpc) is 2.95. The van der Waals surface area contributed by atoms with Crippen LogP contribution in [-0.4, -0.2) is 52.3 Å². The first-order valence-electron chi connectivity index (χ1n) is 7.54. The van der Waals surface area contributed by atoms with E-state index in [0.717, 1.165) is 35.5 Å². The minimum absolute atomic E-state index is 0.559. The zero-order valence-corrected chi connectivity index (χ0v) is 13.6. The number of aromatic nitrogens is 4. The summed E-state index contributed by atoms with van der Waals surface area (Å²) >= 11 is 0. The average molecular weight is 311 g/mol. The van der Waals surface area contributed by atoms with Crippen molar-refractivity contribution in [2.45, 2.75) is 6.54 Å². The standard InChI is InChI=1S/C16H21N7/c1-17-15-6-7-18-16(20-15)19-13-5-4-12-11-23(9-8-22(2)3)21-14(12)10-13/h4-7,10-11H,8-9H2,1-3H3,(H2,17,18,19,20). The highest BCUT2D eigenvalue weighted by molar-refractivity contribution is 5.82. The Hall–Kier alpha value is -2.67. The Bertz CT molecular complexity index is 794. The van der Waals surface area contributed by atoms with Crippen LogP contribution >= 0.6 is 0 Å². The third kappa shape index (κ3) is 3.75. The number of rotatable bonds is 6. The van der Waals surface area contributed by atoms with Crippen LogP contribution in [0.15, 0.2) is 36.7 Å². The van der Waals surface area contributed by atoms with Gasteiger partial charge in [-0.3, -0.25) is 4.68 Å². The summed E-state index contributed by atoms with van der Waals surface area (Å²) in [6.07, 6.45) is 3.79. The Labute approximate surface area is 135 Å². The topological polar surface area (TPSA) is 70.9 Å². The van der Waals surface area contributed by atoms with Crippen LogP contribution in [0.1, 0.15) is 0 Å². The molecular weight excluding hydrogens is 290 g/mol. The summed E-state index contributed by atoms with van der Waals surface area (Å²) in [7, 11) is 5.95. The fourth-order valence-electron chi connectivity index (χ4n) is 2.25. The molecule has 0 saturated carbocycles. The van der Waals surface area contributed by atoms with E-state index < -0.39 is 0 Å². The largest absolute Gasteiger partial charge is 0.373 e. The number of hydrogen-bond acceptors (Lipinski definition) is 6. The van der Waals surface area contributed by atoms with Gasteiger partial charge in [0.25, 0.3) is 0 Å². The van der Waals surface area contributed by atoms with Gasteiger partial charge in [0, 0.05) is 37.1 Å². The highest BCUT2D eigenvalue weighted by atomic mass is 15.3. The molecule has 0 atom stereocenters. The zero-order chi connectivity index (χ0) is 16.2. The Morgan fingerprint density at radius 1 is 1.22 bits per heavy atom.